The number of amides is 2. The molecule has 0 radical (unpaired) electrons. The minimum atomic E-state index is -4.62. The van der Waals surface area contributed by atoms with Gasteiger partial charge in [0.1, 0.15) is 36.7 Å². The van der Waals surface area contributed by atoms with E-state index in [-0.39, 0.29) is 41.8 Å². The number of esters is 1. The van der Waals surface area contributed by atoms with E-state index in [9.17, 15) is 29.1 Å². The van der Waals surface area contributed by atoms with Gasteiger partial charge in [0.05, 0.1) is 16.9 Å². The number of nitrogens with one attached hydrogen (secondary N) is 1. The van der Waals surface area contributed by atoms with E-state index >= 15 is 0 Å². The van der Waals surface area contributed by atoms with Gasteiger partial charge >= 0.3 is 13.8 Å². The molecule has 50 heavy (non-hydrogen) atoms. The molecule has 2 amide bonds. The number of hydrogen-bond acceptors (Lipinski definition) is 13. The summed E-state index contributed by atoms with van der Waals surface area (Å²) in [6.45, 7) is 2.83. The molecular weight excluding hydrogens is 673 g/mol. The van der Waals surface area contributed by atoms with Gasteiger partial charge < -0.3 is 23.6 Å². The van der Waals surface area contributed by atoms with Gasteiger partial charge in [0.15, 0.2) is 5.70 Å². The molecule has 0 aliphatic carbocycles. The van der Waals surface area contributed by atoms with Crippen LogP contribution < -0.4 is 14.4 Å². The first-order valence-electron chi connectivity index (χ1n) is 15.3. The second-order valence-corrected chi connectivity index (χ2v) is 12.9. The molecule has 0 unspecified atom stereocenters. The summed E-state index contributed by atoms with van der Waals surface area (Å²) in [6.07, 6.45) is 1.27. The highest BCUT2D eigenvalue weighted by molar-refractivity contribution is 7.49. The fourth-order valence-electron chi connectivity index (χ4n) is 5.77. The summed E-state index contributed by atoms with van der Waals surface area (Å²) in [6, 6.07) is 20.2. The summed E-state index contributed by atoms with van der Waals surface area (Å²) >= 11 is 0. The van der Waals surface area contributed by atoms with Crippen LogP contribution in [0.5, 0.6) is 11.5 Å². The van der Waals surface area contributed by atoms with Crippen LogP contribution in [0.4, 0.5) is 5.69 Å². The third-order valence-corrected chi connectivity index (χ3v) is 9.34. The molecule has 258 valence electrons. The Morgan fingerprint density at radius 3 is 2.16 bits per heavy atom. The van der Waals surface area contributed by atoms with Gasteiger partial charge in [-0.15, -0.1) is 5.10 Å². The van der Waals surface area contributed by atoms with Gasteiger partial charge in [-0.2, -0.15) is 4.57 Å². The van der Waals surface area contributed by atoms with Gasteiger partial charge in [0.2, 0.25) is 11.8 Å². The fraction of sp³-hybridized carbons (Fsp3) is 0.250. The van der Waals surface area contributed by atoms with E-state index in [4.69, 9.17) is 18.3 Å². The lowest BCUT2D eigenvalue weighted by Gasteiger charge is -2.47. The molecule has 3 heterocycles. The minimum Gasteiger partial charge on any atom is -0.456 e. The number of fused-ring (bicyclic) bond motifs is 1. The normalized spacial score (nSPS) is 18.8. The lowest BCUT2D eigenvalue weighted by molar-refractivity contribution is -0.384. The number of nitro benzene ring substituents is 1. The highest BCUT2D eigenvalue weighted by Gasteiger charge is 2.62. The van der Waals surface area contributed by atoms with E-state index in [1.807, 2.05) is 0 Å². The van der Waals surface area contributed by atoms with Crippen molar-refractivity contribution in [1.82, 2.24) is 30.4 Å². The first-order valence-corrected chi connectivity index (χ1v) is 16.8. The molecular formula is C32H30N7O10P. The molecule has 0 saturated carbocycles. The lowest BCUT2D eigenvalue weighted by atomic mass is 9.77. The number of non-ortho nitro benzene ring substituents is 1. The largest absolute Gasteiger partial charge is 0.646 e. The van der Waals surface area contributed by atoms with E-state index in [0.717, 1.165) is 0 Å². The van der Waals surface area contributed by atoms with Crippen LogP contribution in [0.3, 0.4) is 0 Å². The van der Waals surface area contributed by atoms with Crippen molar-refractivity contribution in [2.75, 3.05) is 0 Å². The molecule has 1 fully saturated rings. The van der Waals surface area contributed by atoms with Gasteiger partial charge in [0, 0.05) is 24.1 Å². The van der Waals surface area contributed by atoms with Crippen molar-refractivity contribution in [1.29, 1.82) is 0 Å². The maximum absolute atomic E-state index is 14.4. The molecule has 4 atom stereocenters. The minimum absolute atomic E-state index is 0.144. The van der Waals surface area contributed by atoms with E-state index in [2.05, 4.69) is 20.8 Å². The number of carbonyl (C=O) groups is 3. The quantitative estimate of drug-likeness (QED) is 0.0653. The summed E-state index contributed by atoms with van der Waals surface area (Å²) in [5.41, 5.74) is -0.0202. The number of aromatic nitrogens is 4. The first-order chi connectivity index (χ1) is 24.0. The summed E-state index contributed by atoms with van der Waals surface area (Å²) < 4.78 is 38.9. The molecule has 2 aliphatic heterocycles. The molecule has 1 saturated heterocycles. The van der Waals surface area contributed by atoms with E-state index < -0.39 is 54.4 Å². The average molecular weight is 704 g/mol. The van der Waals surface area contributed by atoms with Crippen LogP contribution in [-0.4, -0.2) is 59.9 Å². The SMILES string of the molecule is C[C@@H](NC(=O)Cn1cnnn1)[C@H]1C(=O)N2C(C(=O)OCc3ccc([N+](=O)[O-])cc3)=C(OP(=O)(Oc3ccccc3)Oc3ccccc3)[C@H](C)[C@H]12. The van der Waals surface area contributed by atoms with Gasteiger partial charge in [-0.1, -0.05) is 43.3 Å². The molecule has 18 heteroatoms. The molecule has 1 aromatic heterocycles. The predicted molar refractivity (Wildman–Crippen MR) is 171 cm³/mol. The van der Waals surface area contributed by atoms with Crippen molar-refractivity contribution >= 4 is 31.3 Å². The van der Waals surface area contributed by atoms with Gasteiger partial charge in [-0.25, -0.2) is 9.48 Å². The Balaban J connectivity index is 1.30. The van der Waals surface area contributed by atoms with E-state index in [1.54, 1.807) is 74.5 Å². The maximum atomic E-state index is 14.4. The third-order valence-electron chi connectivity index (χ3n) is 8.05. The maximum Gasteiger partial charge on any atom is 0.646 e. The van der Waals surface area contributed by atoms with Crippen molar-refractivity contribution < 1.29 is 42.2 Å². The third kappa shape index (κ3) is 7.17. The Kier molecular flexibility index (Phi) is 9.58. The number of nitro groups is 1. The van der Waals surface area contributed by atoms with Gasteiger partial charge in [-0.3, -0.25) is 24.6 Å². The number of hydrogen-bond donors (Lipinski definition) is 1. The van der Waals surface area contributed by atoms with Crippen LogP contribution in [-0.2, 0) is 41.4 Å². The summed E-state index contributed by atoms with van der Waals surface area (Å²) in [5, 5.41) is 24.5. The van der Waals surface area contributed by atoms with Crippen LogP contribution in [0.15, 0.2) is 103 Å². The molecule has 17 nitrogen and oxygen atoms in total. The van der Waals surface area contributed by atoms with Crippen molar-refractivity contribution in [3.8, 4) is 11.5 Å². The molecule has 2 aliphatic rings. The number of benzene rings is 3. The Morgan fingerprint density at radius 2 is 1.60 bits per heavy atom. The number of β-lactam (4-membered cyclic amide) rings is 1. The van der Waals surface area contributed by atoms with Crippen LogP contribution in [0.2, 0.25) is 0 Å². The van der Waals surface area contributed by atoms with Gasteiger partial charge in [-0.05, 0) is 59.3 Å². The predicted octanol–water partition coefficient (Wildman–Crippen LogP) is 3.80. The van der Waals surface area contributed by atoms with Crippen molar-refractivity contribution in [3.63, 3.8) is 0 Å². The van der Waals surface area contributed by atoms with Crippen LogP contribution >= 0.6 is 7.82 Å². The first kappa shape index (κ1) is 33.8. The molecule has 6 rings (SSSR count). The Hall–Kier alpha value is -6.09. The zero-order valence-corrected chi connectivity index (χ0v) is 27.5. The van der Waals surface area contributed by atoms with E-state index in [1.165, 1.54) is 40.2 Å². The zero-order valence-electron chi connectivity index (χ0n) is 26.6. The second kappa shape index (κ2) is 14.2. The van der Waals surface area contributed by atoms with Crippen LogP contribution in [0.1, 0.15) is 19.4 Å². The second-order valence-electron chi connectivity index (χ2n) is 11.4. The zero-order chi connectivity index (χ0) is 35.4. The Labute approximate surface area is 284 Å². The topological polar surface area (TPSA) is 207 Å². The average Bonchev–Trinajstić information content (AvgIpc) is 3.68. The summed E-state index contributed by atoms with van der Waals surface area (Å²) in [5.74, 6) is -3.40. The number of phosphoric ester groups is 1. The smallest absolute Gasteiger partial charge is 0.456 e. The Morgan fingerprint density at radius 1 is 0.980 bits per heavy atom. The van der Waals surface area contributed by atoms with Gasteiger partial charge in [0.25, 0.3) is 5.69 Å². The monoisotopic (exact) mass is 703 g/mol. The summed E-state index contributed by atoms with van der Waals surface area (Å²) in [4.78, 5) is 52.0. The van der Waals surface area contributed by atoms with Crippen molar-refractivity contribution in [2.45, 2.75) is 39.1 Å². The van der Waals surface area contributed by atoms with E-state index in [0.29, 0.717) is 5.56 Å². The number of rotatable bonds is 14. The van der Waals surface area contributed by atoms with Crippen LogP contribution in [0, 0.1) is 22.0 Å². The highest BCUT2D eigenvalue weighted by atomic mass is 31.2. The number of nitrogens with zero attached hydrogens (tertiary/aromatic N) is 6. The number of para-hydroxylation sites is 2. The summed E-state index contributed by atoms with van der Waals surface area (Å²) in [7, 11) is -4.62. The molecule has 0 spiro atoms. The standard InChI is InChI=1S/C32H30N7O10P/c1-20-28-27(21(2)34-26(40)17-37-19-33-35-36-37)31(41)38(28)29(32(42)46-18-22-13-15-23(16-14-22)39(43)44)30(20)49-50(45,47-24-9-5-3-6-10-24)48-25-11-7-4-8-12-25/h3-16,19-21,27-28H,17-18H2,1-2H3,(H,34,40)/t20-,21-,27-,28-/m1/s1. The highest BCUT2D eigenvalue weighted by Crippen LogP contribution is 2.57. The number of ether oxygens (including phenoxy) is 1. The van der Waals surface area contributed by atoms with Crippen molar-refractivity contribution in [2.24, 2.45) is 11.8 Å². The molecule has 0 bridgehead atoms. The molecule has 4 aromatic rings. The number of carbonyl (C=O) groups excluding carboxylic acids is 3. The number of phosphoric acid groups is 1. The van der Waals surface area contributed by atoms with Crippen molar-refractivity contribution in [3.05, 3.63) is 118 Å². The molecule has 3 aromatic carbocycles. The lowest BCUT2D eigenvalue weighted by Crippen LogP contribution is -2.66. The Bertz CT molecular complexity index is 1910. The molecule has 1 N–H and O–H groups in total. The fourth-order valence-corrected chi connectivity index (χ4v) is 7.13. The number of tetrazole rings is 1. The van der Waals surface area contributed by atoms with Crippen LogP contribution in [0.25, 0.3) is 0 Å².